The number of anilines is 3. The van der Waals surface area contributed by atoms with Crippen LogP contribution < -0.4 is 4.90 Å². The number of halogens is 1. The zero-order valence-electron chi connectivity index (χ0n) is 10.9. The van der Waals surface area contributed by atoms with Gasteiger partial charge in [-0.25, -0.2) is 4.39 Å². The average Bonchev–Trinajstić information content (AvgIpc) is 2.50. The predicted molar refractivity (Wildman–Crippen MR) is 81.1 cm³/mol. The smallest absolute Gasteiger partial charge is 0.125 e. The van der Waals surface area contributed by atoms with E-state index in [1.54, 1.807) is 12.1 Å². The highest BCUT2D eigenvalue weighted by atomic mass is 19.1. The molecule has 1 nitrogen and oxygen atoms in total. The highest BCUT2D eigenvalue weighted by Gasteiger charge is 2.11. The SMILES string of the molecule is Fc1cccc(N(c2ccccc2)c2ccccc2)c1. The fraction of sp³-hybridized carbons (Fsp3) is 0. The molecule has 0 heterocycles. The second-order valence-electron chi connectivity index (χ2n) is 4.49. The normalized spacial score (nSPS) is 10.2. The number of benzene rings is 3. The number of rotatable bonds is 3. The summed E-state index contributed by atoms with van der Waals surface area (Å²) >= 11 is 0. The molecule has 0 aromatic heterocycles. The zero-order chi connectivity index (χ0) is 13.8. The summed E-state index contributed by atoms with van der Waals surface area (Å²) in [7, 11) is 0. The lowest BCUT2D eigenvalue weighted by atomic mass is 10.2. The van der Waals surface area contributed by atoms with Crippen molar-refractivity contribution in [2.24, 2.45) is 0 Å². The molecule has 0 unspecified atom stereocenters. The molecule has 0 aliphatic heterocycles. The lowest BCUT2D eigenvalue weighted by Gasteiger charge is -2.25. The molecule has 0 spiro atoms. The lowest BCUT2D eigenvalue weighted by molar-refractivity contribution is 0.628. The second-order valence-corrected chi connectivity index (χ2v) is 4.49. The van der Waals surface area contributed by atoms with Crippen molar-refractivity contribution in [3.05, 3.63) is 90.7 Å². The van der Waals surface area contributed by atoms with Crippen molar-refractivity contribution < 1.29 is 4.39 Å². The van der Waals surface area contributed by atoms with Gasteiger partial charge in [-0.15, -0.1) is 0 Å². The van der Waals surface area contributed by atoms with Crippen LogP contribution in [0.1, 0.15) is 0 Å². The highest BCUT2D eigenvalue weighted by molar-refractivity contribution is 5.76. The van der Waals surface area contributed by atoms with Crippen LogP contribution >= 0.6 is 0 Å². The first kappa shape index (κ1) is 12.4. The summed E-state index contributed by atoms with van der Waals surface area (Å²) < 4.78 is 13.5. The van der Waals surface area contributed by atoms with Gasteiger partial charge >= 0.3 is 0 Å². The van der Waals surface area contributed by atoms with Gasteiger partial charge in [0.2, 0.25) is 0 Å². The van der Waals surface area contributed by atoms with Gasteiger partial charge in [0.25, 0.3) is 0 Å². The number of nitrogens with zero attached hydrogens (tertiary/aromatic N) is 1. The molecule has 3 rings (SSSR count). The van der Waals surface area contributed by atoms with Crippen LogP contribution in [0.4, 0.5) is 21.5 Å². The first-order chi connectivity index (χ1) is 9.84. The van der Waals surface area contributed by atoms with Crippen molar-refractivity contribution >= 4 is 17.1 Å². The third kappa shape index (κ3) is 2.54. The van der Waals surface area contributed by atoms with Crippen molar-refractivity contribution in [3.8, 4) is 0 Å². The zero-order valence-corrected chi connectivity index (χ0v) is 10.9. The number of hydrogen-bond acceptors (Lipinski definition) is 1. The van der Waals surface area contributed by atoms with Crippen LogP contribution in [0.3, 0.4) is 0 Å². The fourth-order valence-corrected chi connectivity index (χ4v) is 2.22. The van der Waals surface area contributed by atoms with Gasteiger partial charge in [-0.3, -0.25) is 0 Å². The average molecular weight is 263 g/mol. The van der Waals surface area contributed by atoms with Crippen molar-refractivity contribution in [1.82, 2.24) is 0 Å². The van der Waals surface area contributed by atoms with Gasteiger partial charge in [-0.05, 0) is 42.5 Å². The van der Waals surface area contributed by atoms with Gasteiger partial charge in [0.15, 0.2) is 0 Å². The molecule has 3 aromatic rings. The quantitative estimate of drug-likeness (QED) is 0.620. The van der Waals surface area contributed by atoms with E-state index in [-0.39, 0.29) is 5.82 Å². The van der Waals surface area contributed by atoms with Crippen molar-refractivity contribution in [1.29, 1.82) is 0 Å². The Labute approximate surface area is 117 Å². The maximum Gasteiger partial charge on any atom is 0.125 e. The van der Waals surface area contributed by atoms with E-state index in [0.29, 0.717) is 0 Å². The minimum absolute atomic E-state index is 0.237. The van der Waals surface area contributed by atoms with Crippen LogP contribution in [0.25, 0.3) is 0 Å². The Morgan fingerprint density at radius 2 is 1.05 bits per heavy atom. The minimum Gasteiger partial charge on any atom is -0.310 e. The van der Waals surface area contributed by atoms with E-state index < -0.39 is 0 Å². The Kier molecular flexibility index (Phi) is 3.46. The van der Waals surface area contributed by atoms with Gasteiger partial charge in [-0.2, -0.15) is 0 Å². The van der Waals surface area contributed by atoms with E-state index in [2.05, 4.69) is 0 Å². The molecule has 20 heavy (non-hydrogen) atoms. The maximum atomic E-state index is 13.5. The van der Waals surface area contributed by atoms with Crippen LogP contribution in [0.5, 0.6) is 0 Å². The molecule has 0 saturated carbocycles. The van der Waals surface area contributed by atoms with E-state index in [1.165, 1.54) is 6.07 Å². The van der Waals surface area contributed by atoms with Gasteiger partial charge in [0.05, 0.1) is 0 Å². The lowest BCUT2D eigenvalue weighted by Crippen LogP contribution is -2.09. The van der Waals surface area contributed by atoms with Crippen LogP contribution in [0, 0.1) is 5.82 Å². The molecule has 0 bridgehead atoms. The second kappa shape index (κ2) is 5.57. The molecule has 2 heteroatoms. The van der Waals surface area contributed by atoms with E-state index in [9.17, 15) is 4.39 Å². The van der Waals surface area contributed by atoms with Gasteiger partial charge in [0.1, 0.15) is 5.82 Å². The molecule has 0 radical (unpaired) electrons. The Bertz CT molecular complexity index is 641. The Morgan fingerprint density at radius 3 is 1.55 bits per heavy atom. The monoisotopic (exact) mass is 263 g/mol. The summed E-state index contributed by atoms with van der Waals surface area (Å²) in [5.74, 6) is -0.237. The van der Waals surface area contributed by atoms with Crippen molar-refractivity contribution in [3.63, 3.8) is 0 Å². The molecule has 0 fully saturated rings. The van der Waals surface area contributed by atoms with Gasteiger partial charge in [0, 0.05) is 17.1 Å². The number of para-hydroxylation sites is 2. The maximum absolute atomic E-state index is 13.5. The third-order valence-corrected chi connectivity index (χ3v) is 3.10. The summed E-state index contributed by atoms with van der Waals surface area (Å²) in [6.07, 6.45) is 0. The molecule has 0 aliphatic carbocycles. The summed E-state index contributed by atoms with van der Waals surface area (Å²) in [4.78, 5) is 2.03. The van der Waals surface area contributed by atoms with Crippen LogP contribution in [0.15, 0.2) is 84.9 Å². The molecule has 98 valence electrons. The standard InChI is InChI=1S/C18H14FN/c19-15-8-7-13-18(14-15)20(16-9-3-1-4-10-16)17-11-5-2-6-12-17/h1-14H. The first-order valence-corrected chi connectivity index (χ1v) is 6.50. The van der Waals surface area contributed by atoms with E-state index in [0.717, 1.165) is 17.1 Å². The molecule has 0 atom stereocenters. The first-order valence-electron chi connectivity index (χ1n) is 6.50. The van der Waals surface area contributed by atoms with Gasteiger partial charge in [-0.1, -0.05) is 42.5 Å². The Balaban J connectivity index is 2.14. The predicted octanol–water partition coefficient (Wildman–Crippen LogP) is 5.30. The van der Waals surface area contributed by atoms with E-state index in [1.807, 2.05) is 71.6 Å². The Morgan fingerprint density at radius 1 is 0.550 bits per heavy atom. The largest absolute Gasteiger partial charge is 0.310 e. The molecule has 0 aliphatic rings. The molecule has 0 saturated heterocycles. The van der Waals surface area contributed by atoms with Crippen molar-refractivity contribution in [2.75, 3.05) is 4.90 Å². The van der Waals surface area contributed by atoms with Crippen molar-refractivity contribution in [2.45, 2.75) is 0 Å². The molecular formula is C18H14FN. The number of hydrogen-bond donors (Lipinski definition) is 0. The third-order valence-electron chi connectivity index (χ3n) is 3.10. The Hall–Kier alpha value is -2.61. The van der Waals surface area contributed by atoms with E-state index >= 15 is 0 Å². The van der Waals surface area contributed by atoms with Crippen LogP contribution in [-0.4, -0.2) is 0 Å². The van der Waals surface area contributed by atoms with Gasteiger partial charge < -0.3 is 4.90 Å². The van der Waals surface area contributed by atoms with E-state index in [4.69, 9.17) is 0 Å². The van der Waals surface area contributed by atoms with Crippen LogP contribution in [-0.2, 0) is 0 Å². The highest BCUT2D eigenvalue weighted by Crippen LogP contribution is 2.33. The fourth-order valence-electron chi connectivity index (χ4n) is 2.22. The molecule has 0 N–H and O–H groups in total. The summed E-state index contributed by atoms with van der Waals surface area (Å²) in [5.41, 5.74) is 2.82. The molecular weight excluding hydrogens is 249 g/mol. The molecule has 0 amide bonds. The topological polar surface area (TPSA) is 3.24 Å². The summed E-state index contributed by atoms with van der Waals surface area (Å²) in [6, 6.07) is 26.5. The summed E-state index contributed by atoms with van der Waals surface area (Å²) in [5, 5.41) is 0. The van der Waals surface area contributed by atoms with Crippen LogP contribution in [0.2, 0.25) is 0 Å². The summed E-state index contributed by atoms with van der Waals surface area (Å²) in [6.45, 7) is 0. The minimum atomic E-state index is -0.237. The molecule has 3 aromatic carbocycles.